The van der Waals surface area contributed by atoms with Gasteiger partial charge in [-0.15, -0.1) is 0 Å². The van der Waals surface area contributed by atoms with Crippen LogP contribution in [0.15, 0.2) is 30.5 Å². The maximum absolute atomic E-state index is 12.8. The molecule has 1 aromatic carbocycles. The van der Waals surface area contributed by atoms with E-state index in [2.05, 4.69) is 15.3 Å². The highest BCUT2D eigenvalue weighted by atomic mass is 16.2. The van der Waals surface area contributed by atoms with Crippen molar-refractivity contribution in [3.8, 4) is 11.3 Å². The summed E-state index contributed by atoms with van der Waals surface area (Å²) in [6, 6.07) is 6.58. The van der Waals surface area contributed by atoms with Gasteiger partial charge in [0.1, 0.15) is 5.54 Å². The molecule has 1 saturated heterocycles. The minimum atomic E-state index is -0.805. The summed E-state index contributed by atoms with van der Waals surface area (Å²) in [6.45, 7) is 3.53. The Kier molecular flexibility index (Phi) is 4.90. The Morgan fingerprint density at radius 3 is 2.48 bits per heavy atom. The highest BCUT2D eigenvalue weighted by molar-refractivity contribution is 6.11. The number of urea groups is 1. The Hall–Kier alpha value is -3.09. The highest BCUT2D eigenvalue weighted by Gasteiger charge is 2.51. The number of ketones is 1. The molecule has 0 unspecified atom stereocenters. The van der Waals surface area contributed by atoms with Gasteiger partial charge in [-0.25, -0.2) is 9.78 Å². The van der Waals surface area contributed by atoms with E-state index in [-0.39, 0.29) is 18.2 Å². The molecule has 2 aromatic rings. The molecule has 7 nitrogen and oxygen atoms in total. The fourth-order valence-corrected chi connectivity index (χ4v) is 4.17. The number of imide groups is 1. The Morgan fingerprint density at radius 2 is 1.79 bits per heavy atom. The van der Waals surface area contributed by atoms with E-state index < -0.39 is 11.6 Å². The molecule has 150 valence electrons. The lowest BCUT2D eigenvalue weighted by Crippen LogP contribution is -2.48. The van der Waals surface area contributed by atoms with Crippen LogP contribution in [0, 0.1) is 13.8 Å². The van der Waals surface area contributed by atoms with Crippen LogP contribution in [0.5, 0.6) is 0 Å². The molecule has 1 spiro atoms. The molecule has 2 heterocycles. The van der Waals surface area contributed by atoms with Crippen molar-refractivity contribution in [2.75, 3.05) is 6.54 Å². The van der Waals surface area contributed by atoms with Crippen LogP contribution in [-0.2, 0) is 4.79 Å². The van der Waals surface area contributed by atoms with E-state index in [1.807, 2.05) is 26.0 Å². The van der Waals surface area contributed by atoms with Crippen LogP contribution >= 0.6 is 0 Å². The van der Waals surface area contributed by atoms with Crippen molar-refractivity contribution in [1.29, 1.82) is 0 Å². The number of benzene rings is 1. The molecule has 2 aliphatic rings. The monoisotopic (exact) mass is 392 g/mol. The number of nitrogens with zero attached hydrogens (tertiary/aromatic N) is 3. The first-order chi connectivity index (χ1) is 13.9. The van der Waals surface area contributed by atoms with E-state index >= 15 is 0 Å². The van der Waals surface area contributed by atoms with Gasteiger partial charge in [0.25, 0.3) is 5.91 Å². The number of amides is 3. The number of Topliss-reactive ketones (excluding diaryl/α,β-unsaturated/α-hetero) is 1. The van der Waals surface area contributed by atoms with Crippen LogP contribution in [0.1, 0.15) is 53.8 Å². The Morgan fingerprint density at radius 1 is 1.10 bits per heavy atom. The van der Waals surface area contributed by atoms with E-state index in [9.17, 15) is 14.4 Å². The highest BCUT2D eigenvalue weighted by Crippen LogP contribution is 2.33. The van der Waals surface area contributed by atoms with Crippen molar-refractivity contribution in [2.24, 2.45) is 0 Å². The maximum Gasteiger partial charge on any atom is 0.325 e. The zero-order valence-corrected chi connectivity index (χ0v) is 16.7. The first-order valence-corrected chi connectivity index (χ1v) is 9.98. The Labute approximate surface area is 169 Å². The maximum atomic E-state index is 12.8. The van der Waals surface area contributed by atoms with Crippen molar-refractivity contribution in [3.05, 3.63) is 47.4 Å². The molecule has 7 heteroatoms. The number of aryl methyl sites for hydroxylation is 2. The number of rotatable bonds is 4. The number of hydrogen-bond donors (Lipinski definition) is 1. The van der Waals surface area contributed by atoms with Crippen molar-refractivity contribution in [1.82, 2.24) is 20.2 Å². The Bertz CT molecular complexity index is 978. The molecule has 1 aromatic heterocycles. The average Bonchev–Trinajstić information content (AvgIpc) is 2.94. The summed E-state index contributed by atoms with van der Waals surface area (Å²) in [6.07, 6.45) is 5.91. The van der Waals surface area contributed by atoms with Crippen molar-refractivity contribution < 1.29 is 14.4 Å². The second-order valence-corrected chi connectivity index (χ2v) is 7.91. The van der Waals surface area contributed by atoms with E-state index in [4.69, 9.17) is 0 Å². The molecule has 1 N–H and O–H groups in total. The van der Waals surface area contributed by atoms with Gasteiger partial charge in [-0.3, -0.25) is 19.5 Å². The van der Waals surface area contributed by atoms with Crippen LogP contribution in [-0.4, -0.2) is 44.7 Å². The minimum absolute atomic E-state index is 0.241. The quantitative estimate of drug-likeness (QED) is 0.637. The van der Waals surface area contributed by atoms with Crippen LogP contribution in [0.25, 0.3) is 11.3 Å². The van der Waals surface area contributed by atoms with Crippen molar-refractivity contribution in [2.45, 2.75) is 51.5 Å². The van der Waals surface area contributed by atoms with Gasteiger partial charge in [0.2, 0.25) is 0 Å². The largest absolute Gasteiger partial charge is 0.325 e. The molecular formula is C22H24N4O3. The summed E-state index contributed by atoms with van der Waals surface area (Å²) in [4.78, 5) is 47.8. The number of hydrogen-bond acceptors (Lipinski definition) is 5. The second-order valence-electron chi connectivity index (χ2n) is 7.91. The summed E-state index contributed by atoms with van der Waals surface area (Å²) in [5.74, 6) is -0.530. The molecule has 1 aliphatic carbocycles. The number of carbonyl (C=O) groups excluding carboxylic acids is 3. The summed E-state index contributed by atoms with van der Waals surface area (Å²) in [5, 5.41) is 2.84. The molecule has 0 bridgehead atoms. The normalized spacial score (nSPS) is 18.2. The first kappa shape index (κ1) is 19.2. The molecule has 29 heavy (non-hydrogen) atoms. The van der Waals surface area contributed by atoms with E-state index in [0.29, 0.717) is 18.4 Å². The zero-order chi connectivity index (χ0) is 20.6. The SMILES string of the molecule is Cc1cnc(C)c(-c2ccc(C(=O)CN3C(=O)NC4(CCCCC4)C3=O)cc2)n1. The smallest absolute Gasteiger partial charge is 0.323 e. The second kappa shape index (κ2) is 7.39. The molecule has 1 aliphatic heterocycles. The standard InChI is InChI=1S/C22H24N4O3/c1-14-12-23-15(2)19(24-14)17-8-6-16(7-9-17)18(27)13-26-20(28)22(25-21(26)29)10-4-3-5-11-22/h6-9,12H,3-5,10-11,13H2,1-2H3,(H,25,29). The van der Waals surface area contributed by atoms with Crippen LogP contribution < -0.4 is 5.32 Å². The summed E-state index contributed by atoms with van der Waals surface area (Å²) >= 11 is 0. The molecule has 0 radical (unpaired) electrons. The van der Waals surface area contributed by atoms with E-state index in [1.54, 1.807) is 18.3 Å². The molecule has 3 amide bonds. The average molecular weight is 392 g/mol. The lowest BCUT2D eigenvalue weighted by molar-refractivity contribution is -0.132. The van der Waals surface area contributed by atoms with Gasteiger partial charge in [0, 0.05) is 17.3 Å². The van der Waals surface area contributed by atoms with Gasteiger partial charge in [0.05, 0.1) is 23.6 Å². The molecular weight excluding hydrogens is 368 g/mol. The molecule has 4 rings (SSSR count). The van der Waals surface area contributed by atoms with Gasteiger partial charge in [0.15, 0.2) is 5.78 Å². The fraction of sp³-hybridized carbons (Fsp3) is 0.409. The third kappa shape index (κ3) is 3.52. The zero-order valence-electron chi connectivity index (χ0n) is 16.7. The van der Waals surface area contributed by atoms with Gasteiger partial charge in [-0.05, 0) is 26.7 Å². The summed E-state index contributed by atoms with van der Waals surface area (Å²) in [5.41, 5.74) is 2.93. The first-order valence-electron chi connectivity index (χ1n) is 9.98. The van der Waals surface area contributed by atoms with Gasteiger partial charge in [-0.1, -0.05) is 43.5 Å². The summed E-state index contributed by atoms with van der Waals surface area (Å²) in [7, 11) is 0. The molecule has 0 atom stereocenters. The lowest BCUT2D eigenvalue weighted by Gasteiger charge is -2.30. The van der Waals surface area contributed by atoms with Gasteiger partial charge < -0.3 is 5.32 Å². The van der Waals surface area contributed by atoms with Gasteiger partial charge in [-0.2, -0.15) is 0 Å². The molecule has 2 fully saturated rings. The minimum Gasteiger partial charge on any atom is -0.323 e. The van der Waals surface area contributed by atoms with E-state index in [0.717, 1.165) is 46.8 Å². The van der Waals surface area contributed by atoms with Crippen LogP contribution in [0.4, 0.5) is 4.79 Å². The topological polar surface area (TPSA) is 92.3 Å². The Balaban J connectivity index is 1.50. The predicted molar refractivity (Wildman–Crippen MR) is 107 cm³/mol. The van der Waals surface area contributed by atoms with Crippen molar-refractivity contribution in [3.63, 3.8) is 0 Å². The summed E-state index contributed by atoms with van der Waals surface area (Å²) < 4.78 is 0. The van der Waals surface area contributed by atoms with Gasteiger partial charge >= 0.3 is 6.03 Å². The number of aromatic nitrogens is 2. The molecule has 1 saturated carbocycles. The fourth-order valence-electron chi connectivity index (χ4n) is 4.17. The lowest BCUT2D eigenvalue weighted by atomic mass is 9.82. The number of carbonyl (C=O) groups is 3. The van der Waals surface area contributed by atoms with Crippen molar-refractivity contribution >= 4 is 17.7 Å². The van der Waals surface area contributed by atoms with E-state index in [1.165, 1.54) is 0 Å². The third-order valence-electron chi connectivity index (χ3n) is 5.81. The van der Waals surface area contributed by atoms with Crippen LogP contribution in [0.2, 0.25) is 0 Å². The predicted octanol–water partition coefficient (Wildman–Crippen LogP) is 3.20. The number of nitrogens with one attached hydrogen (secondary N) is 1. The van der Waals surface area contributed by atoms with Crippen LogP contribution in [0.3, 0.4) is 0 Å². The third-order valence-corrected chi connectivity index (χ3v) is 5.81.